The fraction of sp³-hybridized carbons (Fsp3) is 0.250. The largest absolute Gasteiger partial charge is 0.505 e. The van der Waals surface area contributed by atoms with Gasteiger partial charge in [0, 0.05) is 18.3 Å². The third-order valence-electron chi connectivity index (χ3n) is 3.38. The van der Waals surface area contributed by atoms with E-state index in [1.807, 2.05) is 0 Å². The number of halogens is 1. The lowest BCUT2D eigenvalue weighted by Crippen LogP contribution is -2.02. The molecule has 2 rings (SSSR count). The number of aromatic hydroxyl groups is 1. The van der Waals surface area contributed by atoms with Crippen molar-refractivity contribution in [3.8, 4) is 5.75 Å². The average Bonchev–Trinajstić information content (AvgIpc) is 2.36. The molecular formula is C16H18FNO. The molecule has 2 aromatic carbocycles. The monoisotopic (exact) mass is 259 g/mol. The van der Waals surface area contributed by atoms with Crippen molar-refractivity contribution >= 4 is 5.69 Å². The van der Waals surface area contributed by atoms with Crippen LogP contribution in [-0.4, -0.2) is 5.11 Å². The van der Waals surface area contributed by atoms with Crippen LogP contribution in [0.4, 0.5) is 10.1 Å². The van der Waals surface area contributed by atoms with Crippen LogP contribution in [0.1, 0.15) is 22.3 Å². The van der Waals surface area contributed by atoms with Crippen molar-refractivity contribution in [3.05, 3.63) is 58.4 Å². The Hall–Kier alpha value is -2.03. The van der Waals surface area contributed by atoms with E-state index >= 15 is 0 Å². The van der Waals surface area contributed by atoms with Gasteiger partial charge in [-0.2, -0.15) is 0 Å². The highest BCUT2D eigenvalue weighted by molar-refractivity contribution is 5.48. The molecule has 2 N–H and O–H groups in total. The van der Waals surface area contributed by atoms with Crippen LogP contribution in [0.3, 0.4) is 0 Å². The molecule has 0 radical (unpaired) electrons. The van der Waals surface area contributed by atoms with Crippen molar-refractivity contribution in [1.29, 1.82) is 0 Å². The summed E-state index contributed by atoms with van der Waals surface area (Å²) in [6.45, 7) is 6.88. The maximum Gasteiger partial charge on any atom is 0.166 e. The van der Waals surface area contributed by atoms with Crippen molar-refractivity contribution in [2.24, 2.45) is 0 Å². The van der Waals surface area contributed by atoms with Gasteiger partial charge in [-0.1, -0.05) is 12.1 Å². The van der Waals surface area contributed by atoms with Gasteiger partial charge >= 0.3 is 0 Å². The molecular weight excluding hydrogens is 241 g/mol. The summed E-state index contributed by atoms with van der Waals surface area (Å²) >= 11 is 0. The van der Waals surface area contributed by atoms with E-state index in [1.54, 1.807) is 6.07 Å². The first-order valence-electron chi connectivity index (χ1n) is 6.26. The predicted molar refractivity (Wildman–Crippen MR) is 76.0 cm³/mol. The Bertz CT molecular complexity index is 608. The minimum Gasteiger partial charge on any atom is -0.505 e. The highest BCUT2D eigenvalue weighted by Crippen LogP contribution is 2.21. The molecule has 19 heavy (non-hydrogen) atoms. The van der Waals surface area contributed by atoms with Gasteiger partial charge in [-0.25, -0.2) is 4.39 Å². The molecule has 0 aromatic heterocycles. The smallest absolute Gasteiger partial charge is 0.166 e. The molecule has 0 spiro atoms. The first kappa shape index (κ1) is 13.4. The van der Waals surface area contributed by atoms with Gasteiger partial charge < -0.3 is 10.4 Å². The van der Waals surface area contributed by atoms with Gasteiger partial charge in [0.2, 0.25) is 0 Å². The number of hydrogen-bond acceptors (Lipinski definition) is 2. The SMILES string of the molecule is Cc1cc(C)c(CNc2ccc(O)c(F)c2)cc1C. The number of nitrogens with one attached hydrogen (secondary N) is 1. The first-order valence-corrected chi connectivity index (χ1v) is 6.26. The molecule has 0 aliphatic rings. The van der Waals surface area contributed by atoms with E-state index < -0.39 is 5.82 Å². The number of hydrogen-bond donors (Lipinski definition) is 2. The van der Waals surface area contributed by atoms with E-state index in [9.17, 15) is 4.39 Å². The highest BCUT2D eigenvalue weighted by atomic mass is 19.1. The highest BCUT2D eigenvalue weighted by Gasteiger charge is 2.04. The number of rotatable bonds is 3. The second kappa shape index (κ2) is 5.31. The fourth-order valence-corrected chi connectivity index (χ4v) is 2.02. The van der Waals surface area contributed by atoms with Crippen LogP contribution in [0, 0.1) is 26.6 Å². The first-order chi connectivity index (χ1) is 8.97. The van der Waals surface area contributed by atoms with E-state index in [2.05, 4.69) is 38.2 Å². The zero-order valence-corrected chi connectivity index (χ0v) is 11.4. The molecule has 2 nitrogen and oxygen atoms in total. The molecule has 0 unspecified atom stereocenters. The van der Waals surface area contributed by atoms with Crippen molar-refractivity contribution in [3.63, 3.8) is 0 Å². The summed E-state index contributed by atoms with van der Waals surface area (Å²) in [4.78, 5) is 0. The lowest BCUT2D eigenvalue weighted by Gasteiger charge is -2.12. The minimum absolute atomic E-state index is 0.326. The van der Waals surface area contributed by atoms with E-state index in [0.29, 0.717) is 12.2 Å². The summed E-state index contributed by atoms with van der Waals surface area (Å²) in [5.74, 6) is -0.935. The van der Waals surface area contributed by atoms with Gasteiger partial charge in [0.25, 0.3) is 0 Å². The van der Waals surface area contributed by atoms with Crippen LogP contribution in [0.25, 0.3) is 0 Å². The molecule has 0 bridgehead atoms. The van der Waals surface area contributed by atoms with Crippen molar-refractivity contribution in [2.45, 2.75) is 27.3 Å². The van der Waals surface area contributed by atoms with E-state index in [1.165, 1.54) is 34.4 Å². The molecule has 2 aromatic rings. The van der Waals surface area contributed by atoms with Gasteiger partial charge in [-0.15, -0.1) is 0 Å². The Labute approximate surface area is 112 Å². The van der Waals surface area contributed by atoms with Crippen LogP contribution in [-0.2, 0) is 6.54 Å². The van der Waals surface area contributed by atoms with Crippen LogP contribution in [0.5, 0.6) is 5.75 Å². The Kier molecular flexibility index (Phi) is 3.74. The number of phenolic OH excluding ortho intramolecular Hbond substituents is 1. The van der Waals surface area contributed by atoms with Crippen LogP contribution in [0.15, 0.2) is 30.3 Å². The maximum atomic E-state index is 13.2. The van der Waals surface area contributed by atoms with Gasteiger partial charge in [-0.05, 0) is 55.2 Å². The summed E-state index contributed by atoms with van der Waals surface area (Å²) in [6, 6.07) is 8.61. The minimum atomic E-state index is -0.609. The van der Waals surface area contributed by atoms with Gasteiger partial charge in [-0.3, -0.25) is 0 Å². The number of aryl methyl sites for hydroxylation is 3. The number of benzene rings is 2. The second-order valence-electron chi connectivity index (χ2n) is 4.88. The third kappa shape index (κ3) is 3.05. The average molecular weight is 259 g/mol. The van der Waals surface area contributed by atoms with Crippen LogP contribution >= 0.6 is 0 Å². The molecule has 0 fully saturated rings. The molecule has 3 heteroatoms. The van der Waals surface area contributed by atoms with Crippen molar-refractivity contribution in [1.82, 2.24) is 0 Å². The Morgan fingerprint density at radius 1 is 1.00 bits per heavy atom. The quantitative estimate of drug-likeness (QED) is 0.814. The molecule has 0 heterocycles. The lowest BCUT2D eigenvalue weighted by molar-refractivity contribution is 0.432. The van der Waals surface area contributed by atoms with Crippen molar-refractivity contribution < 1.29 is 9.50 Å². The standard InChI is InChI=1S/C16H18FNO/c1-10-6-12(3)13(7-11(10)2)9-18-14-4-5-16(19)15(17)8-14/h4-8,18-19H,9H2,1-3H3. The summed E-state index contributed by atoms with van der Waals surface area (Å²) in [5.41, 5.74) is 5.59. The van der Waals surface area contributed by atoms with Gasteiger partial charge in [0.15, 0.2) is 11.6 Å². The van der Waals surface area contributed by atoms with Crippen molar-refractivity contribution in [2.75, 3.05) is 5.32 Å². The van der Waals surface area contributed by atoms with E-state index in [-0.39, 0.29) is 5.75 Å². The van der Waals surface area contributed by atoms with Gasteiger partial charge in [0.05, 0.1) is 0 Å². The molecule has 0 amide bonds. The fourth-order valence-electron chi connectivity index (χ4n) is 2.02. The number of anilines is 1. The summed E-state index contributed by atoms with van der Waals surface area (Å²) in [6.07, 6.45) is 0. The topological polar surface area (TPSA) is 32.3 Å². The molecule has 0 saturated carbocycles. The Balaban J connectivity index is 2.14. The molecule has 0 aliphatic heterocycles. The Morgan fingerprint density at radius 3 is 2.37 bits per heavy atom. The van der Waals surface area contributed by atoms with E-state index in [4.69, 9.17) is 5.11 Å². The molecule has 0 aliphatic carbocycles. The zero-order valence-electron chi connectivity index (χ0n) is 11.4. The third-order valence-corrected chi connectivity index (χ3v) is 3.38. The normalized spacial score (nSPS) is 10.5. The summed E-state index contributed by atoms with van der Waals surface area (Å²) < 4.78 is 13.2. The summed E-state index contributed by atoms with van der Waals surface area (Å²) in [5, 5.41) is 12.3. The number of phenols is 1. The maximum absolute atomic E-state index is 13.2. The molecule has 0 atom stereocenters. The predicted octanol–water partition coefficient (Wildman–Crippen LogP) is 4.07. The zero-order chi connectivity index (χ0) is 14.0. The second-order valence-corrected chi connectivity index (χ2v) is 4.88. The molecule has 0 saturated heterocycles. The molecule has 100 valence electrons. The van der Waals surface area contributed by atoms with Crippen LogP contribution in [0.2, 0.25) is 0 Å². The van der Waals surface area contributed by atoms with Crippen LogP contribution < -0.4 is 5.32 Å². The lowest BCUT2D eigenvalue weighted by atomic mass is 10.0. The summed E-state index contributed by atoms with van der Waals surface area (Å²) in [7, 11) is 0. The van der Waals surface area contributed by atoms with E-state index in [0.717, 1.165) is 0 Å². The van der Waals surface area contributed by atoms with Gasteiger partial charge in [0.1, 0.15) is 0 Å². The Morgan fingerprint density at radius 2 is 1.68 bits per heavy atom.